The van der Waals surface area contributed by atoms with E-state index in [1.54, 1.807) is 0 Å². The van der Waals surface area contributed by atoms with Crippen LogP contribution in [0.1, 0.15) is 25.0 Å². The van der Waals surface area contributed by atoms with E-state index in [-0.39, 0.29) is 0 Å². The second-order valence-corrected chi connectivity index (χ2v) is 6.22. The molecule has 23 heavy (non-hydrogen) atoms. The zero-order chi connectivity index (χ0) is 16.7. The van der Waals surface area contributed by atoms with Gasteiger partial charge < -0.3 is 5.11 Å². The van der Waals surface area contributed by atoms with Crippen molar-refractivity contribution in [2.45, 2.75) is 19.4 Å². The number of benzene rings is 2. The molecule has 0 saturated carbocycles. The lowest BCUT2D eigenvalue weighted by molar-refractivity contribution is 0.180. The maximum atomic E-state index is 10.3. The van der Waals surface area contributed by atoms with Crippen LogP contribution in [0.4, 0.5) is 0 Å². The van der Waals surface area contributed by atoms with Gasteiger partial charge in [-0.25, -0.2) is 0 Å². The molecule has 0 fully saturated rings. The summed E-state index contributed by atoms with van der Waals surface area (Å²) < 4.78 is 1.02. The van der Waals surface area contributed by atoms with Gasteiger partial charge in [0.1, 0.15) is 0 Å². The van der Waals surface area contributed by atoms with Gasteiger partial charge >= 0.3 is 0 Å². The number of hydrogen-bond donors (Lipinski definition) is 1. The molecule has 0 aliphatic rings. The fraction of sp³-hybridized carbons (Fsp3) is 0.143. The van der Waals surface area contributed by atoms with Gasteiger partial charge in [0.05, 0.1) is 6.10 Å². The Morgan fingerprint density at radius 3 is 2.61 bits per heavy atom. The second-order valence-electron chi connectivity index (χ2n) is 5.37. The molecule has 0 radical (unpaired) electrons. The average Bonchev–Trinajstić information content (AvgIpc) is 2.56. The minimum atomic E-state index is -0.537. The van der Waals surface area contributed by atoms with Crippen molar-refractivity contribution in [3.63, 3.8) is 0 Å². The molecule has 0 aromatic heterocycles. The maximum Gasteiger partial charge on any atom is 0.0830 e. The molecule has 2 heteroatoms. The smallest absolute Gasteiger partial charge is 0.0830 e. The molecule has 1 N–H and O–H groups in total. The number of rotatable bonds is 5. The first-order valence-corrected chi connectivity index (χ1v) is 8.41. The minimum absolute atomic E-state index is 0.508. The third kappa shape index (κ3) is 5.05. The first-order valence-electron chi connectivity index (χ1n) is 7.62. The van der Waals surface area contributed by atoms with Crippen LogP contribution in [0, 0.1) is 0 Å². The molecule has 2 aromatic rings. The molecule has 1 nitrogen and oxygen atoms in total. The Balaban J connectivity index is 2.30. The van der Waals surface area contributed by atoms with E-state index in [1.807, 2.05) is 67.6 Å². The molecular formula is C21H21BrO. The van der Waals surface area contributed by atoms with Crippen LogP contribution in [-0.2, 0) is 0 Å². The molecule has 0 aliphatic heterocycles. The quantitative estimate of drug-likeness (QED) is 0.835. The molecule has 118 valence electrons. The highest BCUT2D eigenvalue weighted by molar-refractivity contribution is 9.10. The van der Waals surface area contributed by atoms with E-state index in [9.17, 15) is 5.11 Å². The maximum absolute atomic E-state index is 10.3. The highest BCUT2D eigenvalue weighted by Crippen LogP contribution is 2.20. The Hall–Kier alpha value is -1.90. The topological polar surface area (TPSA) is 20.2 Å². The van der Waals surface area contributed by atoms with Gasteiger partial charge in [0.2, 0.25) is 0 Å². The number of aliphatic hydroxyl groups is 1. The van der Waals surface area contributed by atoms with Crippen molar-refractivity contribution in [2.75, 3.05) is 0 Å². The molecule has 0 heterocycles. The van der Waals surface area contributed by atoms with Gasteiger partial charge in [-0.05, 0) is 29.0 Å². The lowest BCUT2D eigenvalue weighted by Gasteiger charge is -2.11. The van der Waals surface area contributed by atoms with Gasteiger partial charge in [-0.3, -0.25) is 0 Å². The van der Waals surface area contributed by atoms with Gasteiger partial charge in [-0.1, -0.05) is 94.9 Å². The molecule has 0 bridgehead atoms. The van der Waals surface area contributed by atoms with Gasteiger partial charge in [0.25, 0.3) is 0 Å². The van der Waals surface area contributed by atoms with Crippen LogP contribution in [0.3, 0.4) is 0 Å². The van der Waals surface area contributed by atoms with Crippen molar-refractivity contribution in [1.29, 1.82) is 0 Å². The predicted octanol–water partition coefficient (Wildman–Crippen LogP) is 4.27. The van der Waals surface area contributed by atoms with E-state index in [1.165, 1.54) is 0 Å². The highest BCUT2D eigenvalue weighted by Gasteiger charge is 2.07. The Morgan fingerprint density at radius 1 is 1.17 bits per heavy atom. The van der Waals surface area contributed by atoms with Gasteiger partial charge in [-0.2, -0.15) is 0 Å². The van der Waals surface area contributed by atoms with E-state index in [2.05, 4.69) is 34.7 Å². The van der Waals surface area contributed by atoms with Crippen molar-refractivity contribution in [1.82, 2.24) is 0 Å². The number of hydrogen-bond acceptors (Lipinski definition) is 1. The first kappa shape index (κ1) is 17.5. The lowest BCUT2D eigenvalue weighted by Crippen LogP contribution is -2.25. The van der Waals surface area contributed by atoms with Crippen molar-refractivity contribution in [2.24, 2.45) is 0 Å². The van der Waals surface area contributed by atoms with E-state index in [0.29, 0.717) is 6.42 Å². The fourth-order valence-corrected chi connectivity index (χ4v) is 2.85. The van der Waals surface area contributed by atoms with Crippen LogP contribution in [0.15, 0.2) is 77.3 Å². The number of halogens is 1. The molecule has 0 unspecified atom stereocenters. The number of allylic oxidation sites excluding steroid dienone is 2. The summed E-state index contributed by atoms with van der Waals surface area (Å²) in [5.74, 6) is 0. The van der Waals surface area contributed by atoms with Crippen molar-refractivity contribution in [3.8, 4) is 0 Å². The molecule has 2 aromatic carbocycles. The SMILES string of the molecule is C=C(/C=c1/c(Br)ccc/c1=C\C=C\C)C[C@H](O)c1ccccc1. The summed E-state index contributed by atoms with van der Waals surface area (Å²) in [7, 11) is 0. The Morgan fingerprint density at radius 2 is 1.91 bits per heavy atom. The van der Waals surface area contributed by atoms with Crippen LogP contribution in [0.2, 0.25) is 0 Å². The molecule has 0 aliphatic carbocycles. The van der Waals surface area contributed by atoms with Gasteiger partial charge in [-0.15, -0.1) is 0 Å². The Kier molecular flexibility index (Phi) is 6.57. The highest BCUT2D eigenvalue weighted by atomic mass is 79.9. The zero-order valence-corrected chi connectivity index (χ0v) is 14.8. The normalized spacial score (nSPS) is 14.4. The third-order valence-electron chi connectivity index (χ3n) is 3.54. The summed E-state index contributed by atoms with van der Waals surface area (Å²) in [6, 6.07) is 15.8. The molecule has 1 atom stereocenters. The number of aliphatic hydroxyl groups excluding tert-OH is 1. The average molecular weight is 369 g/mol. The second kappa shape index (κ2) is 8.66. The Bertz CT molecular complexity index is 803. The van der Waals surface area contributed by atoms with Crippen molar-refractivity contribution in [3.05, 3.63) is 93.3 Å². The molecule has 0 spiro atoms. The molecule has 2 rings (SSSR count). The standard InChI is InChI=1S/C21H21BrO/c1-3-4-9-17-12-8-13-20(22)19(17)14-16(2)15-21(23)18-10-6-5-7-11-18/h3-14,21,23H,2,15H2,1H3/b4-3+,17-9+,19-14+/t21-/m0/s1. The monoisotopic (exact) mass is 368 g/mol. The summed E-state index contributed by atoms with van der Waals surface area (Å²) in [6.45, 7) is 6.10. The summed E-state index contributed by atoms with van der Waals surface area (Å²) in [6.07, 6.45) is 8.09. The van der Waals surface area contributed by atoms with Gasteiger partial charge in [0, 0.05) is 10.9 Å². The molecule has 0 amide bonds. The van der Waals surface area contributed by atoms with Crippen LogP contribution in [0.5, 0.6) is 0 Å². The van der Waals surface area contributed by atoms with Crippen molar-refractivity contribution < 1.29 is 5.11 Å². The van der Waals surface area contributed by atoms with Crippen molar-refractivity contribution >= 4 is 28.1 Å². The van der Waals surface area contributed by atoms with Crippen LogP contribution in [-0.4, -0.2) is 5.11 Å². The Labute approximate surface area is 146 Å². The summed E-state index contributed by atoms with van der Waals surface area (Å²) >= 11 is 3.60. The zero-order valence-electron chi connectivity index (χ0n) is 13.2. The third-order valence-corrected chi connectivity index (χ3v) is 4.23. The summed E-state index contributed by atoms with van der Waals surface area (Å²) in [5, 5.41) is 12.5. The predicted molar refractivity (Wildman–Crippen MR) is 102 cm³/mol. The van der Waals surface area contributed by atoms with E-state index in [4.69, 9.17) is 0 Å². The van der Waals surface area contributed by atoms with Crippen LogP contribution >= 0.6 is 15.9 Å². The molecule has 0 saturated heterocycles. The molecular weight excluding hydrogens is 348 g/mol. The van der Waals surface area contributed by atoms with E-state index in [0.717, 1.165) is 26.0 Å². The van der Waals surface area contributed by atoms with Crippen LogP contribution in [0.25, 0.3) is 12.2 Å². The first-order chi connectivity index (χ1) is 11.1. The van der Waals surface area contributed by atoms with Crippen LogP contribution < -0.4 is 10.4 Å². The fourth-order valence-electron chi connectivity index (χ4n) is 2.36. The van der Waals surface area contributed by atoms with Gasteiger partial charge in [0.15, 0.2) is 0 Å². The summed E-state index contributed by atoms with van der Waals surface area (Å²) in [4.78, 5) is 0. The lowest BCUT2D eigenvalue weighted by atomic mass is 10.0. The largest absolute Gasteiger partial charge is 0.388 e. The van der Waals surface area contributed by atoms with E-state index < -0.39 is 6.10 Å². The van der Waals surface area contributed by atoms with E-state index >= 15 is 0 Å². The summed E-state index contributed by atoms with van der Waals surface area (Å²) in [5.41, 5.74) is 1.80. The minimum Gasteiger partial charge on any atom is -0.388 e.